The molecular formula is C18H33N3. The highest BCUT2D eigenvalue weighted by molar-refractivity contribution is 5.09. The van der Waals surface area contributed by atoms with Crippen LogP contribution in [0.2, 0.25) is 0 Å². The molecule has 0 radical (unpaired) electrons. The van der Waals surface area contributed by atoms with Gasteiger partial charge in [0.15, 0.2) is 0 Å². The summed E-state index contributed by atoms with van der Waals surface area (Å²) in [7, 11) is 0. The number of hydrogen-bond donors (Lipinski definition) is 1. The minimum atomic E-state index is -0.266. The van der Waals surface area contributed by atoms with Crippen molar-refractivity contribution >= 4 is 0 Å². The normalized spacial score (nSPS) is 24.0. The summed E-state index contributed by atoms with van der Waals surface area (Å²) in [4.78, 5) is 2.60. The van der Waals surface area contributed by atoms with Gasteiger partial charge in [0.1, 0.15) is 5.54 Å². The monoisotopic (exact) mass is 291 g/mol. The van der Waals surface area contributed by atoms with Gasteiger partial charge in [0.2, 0.25) is 0 Å². The van der Waals surface area contributed by atoms with Crippen LogP contribution < -0.4 is 5.32 Å². The molecule has 0 spiro atoms. The molecule has 1 saturated heterocycles. The molecule has 0 aromatic carbocycles. The van der Waals surface area contributed by atoms with E-state index in [2.05, 4.69) is 37.1 Å². The molecule has 1 aliphatic heterocycles. The first kappa shape index (κ1) is 16.8. The number of rotatable bonds is 8. The Kier molecular flexibility index (Phi) is 6.08. The predicted octanol–water partition coefficient (Wildman–Crippen LogP) is 3.56. The fraction of sp³-hybridized carbons (Fsp3) is 0.944. The first-order valence-corrected chi connectivity index (χ1v) is 9.00. The molecule has 1 N–H and O–H groups in total. The maximum absolute atomic E-state index is 9.56. The molecule has 3 heteroatoms. The van der Waals surface area contributed by atoms with E-state index in [4.69, 9.17) is 0 Å². The first-order valence-electron chi connectivity index (χ1n) is 9.00. The van der Waals surface area contributed by atoms with Gasteiger partial charge in [-0.25, -0.2) is 0 Å². The lowest BCUT2D eigenvalue weighted by Crippen LogP contribution is -2.45. The van der Waals surface area contributed by atoms with Gasteiger partial charge in [0.25, 0.3) is 0 Å². The fourth-order valence-corrected chi connectivity index (χ4v) is 3.58. The van der Waals surface area contributed by atoms with E-state index >= 15 is 0 Å². The van der Waals surface area contributed by atoms with Gasteiger partial charge in [-0.2, -0.15) is 5.26 Å². The molecule has 3 nitrogen and oxygen atoms in total. The van der Waals surface area contributed by atoms with E-state index < -0.39 is 0 Å². The van der Waals surface area contributed by atoms with Crippen molar-refractivity contribution in [3.63, 3.8) is 0 Å². The number of nitrogens with one attached hydrogen (secondary N) is 1. The van der Waals surface area contributed by atoms with Crippen molar-refractivity contribution in [3.05, 3.63) is 0 Å². The first-order chi connectivity index (χ1) is 10.1. The van der Waals surface area contributed by atoms with E-state index in [9.17, 15) is 5.26 Å². The Bertz CT molecular complexity index is 348. The molecular weight excluding hydrogens is 258 g/mol. The van der Waals surface area contributed by atoms with Crippen molar-refractivity contribution in [2.45, 2.75) is 77.3 Å². The van der Waals surface area contributed by atoms with Gasteiger partial charge in [0, 0.05) is 6.04 Å². The van der Waals surface area contributed by atoms with Gasteiger partial charge in [-0.05, 0) is 76.4 Å². The molecule has 1 heterocycles. The third-order valence-corrected chi connectivity index (χ3v) is 5.53. The molecule has 2 fully saturated rings. The number of piperidine rings is 1. The molecule has 2 aliphatic rings. The van der Waals surface area contributed by atoms with Gasteiger partial charge >= 0.3 is 0 Å². The Hall–Kier alpha value is -0.590. The number of likely N-dealkylation sites (tertiary alicyclic amines) is 1. The van der Waals surface area contributed by atoms with Crippen molar-refractivity contribution < 1.29 is 0 Å². The Morgan fingerprint density at radius 3 is 2.38 bits per heavy atom. The Balaban J connectivity index is 1.69. The Labute approximate surface area is 131 Å². The minimum absolute atomic E-state index is 0.266. The molecule has 21 heavy (non-hydrogen) atoms. The number of hydrogen-bond acceptors (Lipinski definition) is 3. The summed E-state index contributed by atoms with van der Waals surface area (Å²) in [6.07, 6.45) is 8.30. The molecule has 0 aromatic rings. The zero-order valence-electron chi connectivity index (χ0n) is 14.2. The number of nitrogens with zero attached hydrogens (tertiary/aromatic N) is 2. The van der Waals surface area contributed by atoms with Crippen molar-refractivity contribution in [1.29, 1.82) is 5.26 Å². The molecule has 120 valence electrons. The van der Waals surface area contributed by atoms with Gasteiger partial charge in [-0.1, -0.05) is 20.8 Å². The summed E-state index contributed by atoms with van der Waals surface area (Å²) in [5, 5.41) is 13.1. The predicted molar refractivity (Wildman–Crippen MR) is 88.0 cm³/mol. The lowest BCUT2D eigenvalue weighted by Gasteiger charge is -2.34. The van der Waals surface area contributed by atoms with Gasteiger partial charge < -0.3 is 4.90 Å². The minimum Gasteiger partial charge on any atom is -0.303 e. The molecule has 0 amide bonds. The van der Waals surface area contributed by atoms with Crippen molar-refractivity contribution in [2.75, 3.05) is 19.6 Å². The van der Waals surface area contributed by atoms with Crippen molar-refractivity contribution in [3.8, 4) is 6.07 Å². The Morgan fingerprint density at radius 2 is 1.90 bits per heavy atom. The highest BCUT2D eigenvalue weighted by atomic mass is 15.1. The van der Waals surface area contributed by atoms with Crippen LogP contribution in [0.4, 0.5) is 0 Å². The van der Waals surface area contributed by atoms with Crippen LogP contribution in [0.1, 0.15) is 65.7 Å². The Morgan fingerprint density at radius 1 is 1.24 bits per heavy atom. The van der Waals surface area contributed by atoms with Crippen molar-refractivity contribution in [2.24, 2.45) is 11.8 Å². The van der Waals surface area contributed by atoms with E-state index in [1.54, 1.807) is 0 Å². The highest BCUT2D eigenvalue weighted by Gasteiger charge is 2.34. The summed E-state index contributed by atoms with van der Waals surface area (Å²) in [5.74, 6) is 1.76. The largest absolute Gasteiger partial charge is 0.303 e. The van der Waals surface area contributed by atoms with Crippen LogP contribution in [0.3, 0.4) is 0 Å². The zero-order chi connectivity index (χ0) is 15.3. The molecule has 1 unspecified atom stereocenters. The summed E-state index contributed by atoms with van der Waals surface area (Å²) in [6.45, 7) is 10.5. The maximum atomic E-state index is 9.56. The van der Waals surface area contributed by atoms with E-state index in [-0.39, 0.29) is 5.54 Å². The molecule has 1 aliphatic carbocycles. The molecule has 1 atom stereocenters. The lowest BCUT2D eigenvalue weighted by molar-refractivity contribution is 0.152. The van der Waals surface area contributed by atoms with Crippen LogP contribution in [0.5, 0.6) is 0 Å². The summed E-state index contributed by atoms with van der Waals surface area (Å²) < 4.78 is 0. The second-order valence-electron chi connectivity index (χ2n) is 7.49. The van der Waals surface area contributed by atoms with Crippen LogP contribution in [-0.4, -0.2) is 36.1 Å². The second kappa shape index (κ2) is 7.61. The van der Waals surface area contributed by atoms with Crippen LogP contribution in [-0.2, 0) is 0 Å². The van der Waals surface area contributed by atoms with E-state index in [0.29, 0.717) is 6.04 Å². The van der Waals surface area contributed by atoms with Crippen LogP contribution in [0, 0.1) is 23.2 Å². The van der Waals surface area contributed by atoms with Crippen LogP contribution in [0.25, 0.3) is 0 Å². The quantitative estimate of drug-likeness (QED) is 0.743. The average molecular weight is 291 g/mol. The topological polar surface area (TPSA) is 39.1 Å². The van der Waals surface area contributed by atoms with E-state index in [1.807, 2.05) is 0 Å². The zero-order valence-corrected chi connectivity index (χ0v) is 14.2. The third-order valence-electron chi connectivity index (χ3n) is 5.53. The fourth-order valence-electron chi connectivity index (χ4n) is 3.58. The summed E-state index contributed by atoms with van der Waals surface area (Å²) >= 11 is 0. The molecule has 2 rings (SSSR count). The van der Waals surface area contributed by atoms with Crippen molar-refractivity contribution in [1.82, 2.24) is 10.2 Å². The highest BCUT2D eigenvalue weighted by Crippen LogP contribution is 2.28. The van der Waals surface area contributed by atoms with Crippen LogP contribution in [0.15, 0.2) is 0 Å². The van der Waals surface area contributed by atoms with E-state index in [1.165, 1.54) is 45.3 Å². The van der Waals surface area contributed by atoms with Crippen LogP contribution >= 0.6 is 0 Å². The van der Waals surface area contributed by atoms with E-state index in [0.717, 1.165) is 31.1 Å². The molecule has 0 bridgehead atoms. The molecule has 1 saturated carbocycles. The van der Waals surface area contributed by atoms with Gasteiger partial charge in [-0.15, -0.1) is 0 Å². The third kappa shape index (κ3) is 4.97. The van der Waals surface area contributed by atoms with Gasteiger partial charge in [0.05, 0.1) is 6.07 Å². The SMILES string of the molecule is CCC(C#N)(CCCN1CCC(C(C)C)CC1)NC1CC1. The average Bonchev–Trinajstić information content (AvgIpc) is 3.30. The standard InChI is InChI=1S/C18H33N3/c1-4-18(14-19,20-17-6-7-17)10-5-11-21-12-8-16(9-13-21)15(2)3/h15-17,20H,4-13H2,1-3H3. The second-order valence-corrected chi connectivity index (χ2v) is 7.49. The van der Waals surface area contributed by atoms with Gasteiger partial charge in [-0.3, -0.25) is 5.32 Å². The lowest BCUT2D eigenvalue weighted by atomic mass is 9.86. The number of nitriles is 1. The summed E-state index contributed by atoms with van der Waals surface area (Å²) in [6, 6.07) is 3.18. The maximum Gasteiger partial charge on any atom is 0.106 e. The smallest absolute Gasteiger partial charge is 0.106 e. The summed E-state index contributed by atoms with van der Waals surface area (Å²) in [5.41, 5.74) is -0.266. The molecule has 0 aromatic heterocycles.